The van der Waals surface area contributed by atoms with Gasteiger partial charge in [-0.2, -0.15) is 0 Å². The Bertz CT molecular complexity index is 563. The molecular weight excluding hydrogens is 268 g/mol. The Morgan fingerprint density at radius 1 is 1.30 bits per heavy atom. The standard InChI is InChI=1S/C16H20N2OS/c1-4-10-18(12(2)3)16-17-15(14(11-19)20-16)13-8-6-5-7-9-13/h5-9,11-12H,4,10H2,1-3H3. The molecule has 106 valence electrons. The molecule has 0 saturated heterocycles. The number of benzene rings is 1. The molecule has 0 saturated carbocycles. The number of carbonyl (C=O) groups is 1. The summed E-state index contributed by atoms with van der Waals surface area (Å²) in [5.74, 6) is 0. The maximum atomic E-state index is 11.3. The fraction of sp³-hybridized carbons (Fsp3) is 0.375. The van der Waals surface area contributed by atoms with Gasteiger partial charge in [-0.15, -0.1) is 0 Å². The van der Waals surface area contributed by atoms with Gasteiger partial charge in [0, 0.05) is 18.2 Å². The quantitative estimate of drug-likeness (QED) is 0.745. The summed E-state index contributed by atoms with van der Waals surface area (Å²) in [4.78, 5) is 19.0. The van der Waals surface area contributed by atoms with Gasteiger partial charge in [0.2, 0.25) is 0 Å². The van der Waals surface area contributed by atoms with Crippen LogP contribution >= 0.6 is 11.3 Å². The van der Waals surface area contributed by atoms with E-state index in [9.17, 15) is 4.79 Å². The maximum Gasteiger partial charge on any atom is 0.186 e. The average molecular weight is 288 g/mol. The van der Waals surface area contributed by atoms with Crippen molar-refractivity contribution in [3.63, 3.8) is 0 Å². The van der Waals surface area contributed by atoms with Gasteiger partial charge in [0.05, 0.1) is 10.6 Å². The predicted octanol–water partition coefficient (Wildman–Crippen LogP) is 4.25. The van der Waals surface area contributed by atoms with Gasteiger partial charge in [0.15, 0.2) is 11.4 Å². The summed E-state index contributed by atoms with van der Waals surface area (Å²) >= 11 is 1.48. The second-order valence-electron chi connectivity index (χ2n) is 4.98. The smallest absolute Gasteiger partial charge is 0.186 e. The van der Waals surface area contributed by atoms with Crippen LogP contribution in [0.15, 0.2) is 30.3 Å². The molecule has 0 aliphatic rings. The van der Waals surface area contributed by atoms with E-state index in [2.05, 4.69) is 25.7 Å². The van der Waals surface area contributed by atoms with Gasteiger partial charge >= 0.3 is 0 Å². The average Bonchev–Trinajstić information content (AvgIpc) is 2.89. The van der Waals surface area contributed by atoms with E-state index < -0.39 is 0 Å². The van der Waals surface area contributed by atoms with Crippen LogP contribution in [0.5, 0.6) is 0 Å². The minimum absolute atomic E-state index is 0.379. The summed E-state index contributed by atoms with van der Waals surface area (Å²) < 4.78 is 0. The summed E-state index contributed by atoms with van der Waals surface area (Å²) in [5, 5.41) is 0.933. The molecule has 0 bridgehead atoms. The van der Waals surface area contributed by atoms with E-state index in [1.165, 1.54) is 11.3 Å². The first-order valence-electron chi connectivity index (χ1n) is 6.95. The Morgan fingerprint density at radius 3 is 2.55 bits per heavy atom. The molecule has 0 unspecified atom stereocenters. The number of aldehydes is 1. The Kier molecular flexibility index (Phi) is 4.90. The third-order valence-corrected chi connectivity index (χ3v) is 4.15. The molecule has 1 heterocycles. The number of anilines is 1. The molecule has 2 aromatic rings. The summed E-state index contributed by atoms with van der Waals surface area (Å²) in [6, 6.07) is 10.3. The van der Waals surface area contributed by atoms with Crippen molar-refractivity contribution in [1.82, 2.24) is 4.98 Å². The van der Waals surface area contributed by atoms with Crippen molar-refractivity contribution in [3.05, 3.63) is 35.2 Å². The molecule has 0 spiro atoms. The van der Waals surface area contributed by atoms with Gasteiger partial charge in [-0.25, -0.2) is 4.98 Å². The molecule has 4 heteroatoms. The third kappa shape index (κ3) is 3.07. The topological polar surface area (TPSA) is 33.2 Å². The monoisotopic (exact) mass is 288 g/mol. The number of aromatic nitrogens is 1. The van der Waals surface area contributed by atoms with E-state index in [1.54, 1.807) is 0 Å². The molecule has 0 amide bonds. The first-order chi connectivity index (χ1) is 9.67. The maximum absolute atomic E-state index is 11.3. The zero-order valence-corrected chi connectivity index (χ0v) is 13.0. The normalized spacial score (nSPS) is 10.8. The number of rotatable bonds is 6. The lowest BCUT2D eigenvalue weighted by Crippen LogP contribution is -2.31. The lowest BCUT2D eigenvalue weighted by atomic mass is 10.1. The Balaban J connectivity index is 2.43. The van der Waals surface area contributed by atoms with Gasteiger partial charge in [0.25, 0.3) is 0 Å². The van der Waals surface area contributed by atoms with Crippen LogP contribution in [0.25, 0.3) is 11.3 Å². The summed E-state index contributed by atoms with van der Waals surface area (Å²) in [6.07, 6.45) is 1.98. The molecule has 0 aliphatic carbocycles. The zero-order chi connectivity index (χ0) is 14.5. The minimum Gasteiger partial charge on any atom is -0.346 e. The minimum atomic E-state index is 0.379. The van der Waals surface area contributed by atoms with Crippen LogP contribution in [-0.4, -0.2) is 23.9 Å². The number of hydrogen-bond donors (Lipinski definition) is 0. The molecule has 0 aliphatic heterocycles. The van der Waals surface area contributed by atoms with Crippen LogP contribution in [-0.2, 0) is 0 Å². The highest BCUT2D eigenvalue weighted by Crippen LogP contribution is 2.32. The van der Waals surface area contributed by atoms with Crippen molar-refractivity contribution in [2.24, 2.45) is 0 Å². The van der Waals surface area contributed by atoms with Crippen molar-refractivity contribution in [1.29, 1.82) is 0 Å². The summed E-state index contributed by atoms with van der Waals surface area (Å²) in [6.45, 7) is 7.42. The molecule has 0 N–H and O–H groups in total. The lowest BCUT2D eigenvalue weighted by Gasteiger charge is -2.25. The highest BCUT2D eigenvalue weighted by atomic mass is 32.1. The van der Waals surface area contributed by atoms with Gasteiger partial charge in [-0.1, -0.05) is 48.6 Å². The number of carbonyl (C=O) groups excluding carboxylic acids is 1. The van der Waals surface area contributed by atoms with Crippen molar-refractivity contribution in [3.8, 4) is 11.3 Å². The van der Waals surface area contributed by atoms with E-state index in [0.717, 1.165) is 35.6 Å². The molecule has 2 rings (SSSR count). The Labute approximate surface area is 124 Å². The third-order valence-electron chi connectivity index (χ3n) is 3.13. The van der Waals surface area contributed by atoms with Crippen LogP contribution in [0.1, 0.15) is 36.9 Å². The molecule has 1 aromatic carbocycles. The Hall–Kier alpha value is -1.68. The largest absolute Gasteiger partial charge is 0.346 e. The van der Waals surface area contributed by atoms with Gasteiger partial charge in [-0.05, 0) is 20.3 Å². The lowest BCUT2D eigenvalue weighted by molar-refractivity contribution is 0.112. The molecule has 0 radical (unpaired) electrons. The second-order valence-corrected chi connectivity index (χ2v) is 5.99. The zero-order valence-electron chi connectivity index (χ0n) is 12.2. The molecular formula is C16H20N2OS. The molecule has 1 aromatic heterocycles. The second kappa shape index (κ2) is 6.66. The van der Waals surface area contributed by atoms with Crippen molar-refractivity contribution >= 4 is 22.8 Å². The fourth-order valence-corrected chi connectivity index (χ4v) is 3.20. The Morgan fingerprint density at radius 2 is 2.00 bits per heavy atom. The highest BCUT2D eigenvalue weighted by Gasteiger charge is 2.18. The van der Waals surface area contributed by atoms with Crippen LogP contribution < -0.4 is 4.90 Å². The van der Waals surface area contributed by atoms with Crippen LogP contribution in [0.2, 0.25) is 0 Å². The van der Waals surface area contributed by atoms with E-state index in [0.29, 0.717) is 10.9 Å². The summed E-state index contributed by atoms with van der Waals surface area (Å²) in [7, 11) is 0. The first-order valence-corrected chi connectivity index (χ1v) is 7.77. The van der Waals surface area contributed by atoms with Crippen LogP contribution in [0.3, 0.4) is 0 Å². The summed E-state index contributed by atoms with van der Waals surface area (Å²) in [5.41, 5.74) is 1.79. The first kappa shape index (κ1) is 14.7. The number of thiazole rings is 1. The van der Waals surface area contributed by atoms with Gasteiger partial charge in [0.1, 0.15) is 0 Å². The molecule has 0 atom stereocenters. The van der Waals surface area contributed by atoms with Crippen molar-refractivity contribution < 1.29 is 4.79 Å². The van der Waals surface area contributed by atoms with Crippen molar-refractivity contribution in [2.75, 3.05) is 11.4 Å². The molecule has 0 fully saturated rings. The van der Waals surface area contributed by atoms with Crippen molar-refractivity contribution in [2.45, 2.75) is 33.2 Å². The van der Waals surface area contributed by atoms with E-state index in [-0.39, 0.29) is 0 Å². The van der Waals surface area contributed by atoms with Gasteiger partial charge < -0.3 is 4.90 Å². The number of hydrogen-bond acceptors (Lipinski definition) is 4. The van der Waals surface area contributed by atoms with E-state index in [1.807, 2.05) is 30.3 Å². The fourth-order valence-electron chi connectivity index (χ4n) is 2.14. The number of nitrogens with zero attached hydrogens (tertiary/aromatic N) is 2. The van der Waals surface area contributed by atoms with E-state index >= 15 is 0 Å². The van der Waals surface area contributed by atoms with Gasteiger partial charge in [-0.3, -0.25) is 4.79 Å². The SMILES string of the molecule is CCCN(c1nc(-c2ccccc2)c(C=O)s1)C(C)C. The highest BCUT2D eigenvalue weighted by molar-refractivity contribution is 7.17. The van der Waals surface area contributed by atoms with E-state index in [4.69, 9.17) is 4.98 Å². The predicted molar refractivity (Wildman–Crippen MR) is 85.7 cm³/mol. The molecule has 3 nitrogen and oxygen atoms in total. The molecule has 20 heavy (non-hydrogen) atoms. The van der Waals surface area contributed by atoms with Crippen LogP contribution in [0, 0.1) is 0 Å². The van der Waals surface area contributed by atoms with Crippen LogP contribution in [0.4, 0.5) is 5.13 Å².